The summed E-state index contributed by atoms with van der Waals surface area (Å²) in [5, 5.41) is 4.03. The molecule has 2 aromatic rings. The van der Waals surface area contributed by atoms with E-state index in [-0.39, 0.29) is 11.9 Å². The summed E-state index contributed by atoms with van der Waals surface area (Å²) in [5.41, 5.74) is 2.06. The first-order chi connectivity index (χ1) is 11.7. The second-order valence-corrected chi connectivity index (χ2v) is 6.47. The van der Waals surface area contributed by atoms with E-state index in [1.54, 1.807) is 31.6 Å². The van der Waals surface area contributed by atoms with Crippen LogP contribution in [0.3, 0.4) is 0 Å². The van der Waals surface area contributed by atoms with Gasteiger partial charge in [0.2, 0.25) is 5.91 Å². The SMILES string of the molecule is COc1ccc(OC)c(C2CCCN2C(=O)/C=C/c2ccsc2)c1. The van der Waals surface area contributed by atoms with Crippen molar-refractivity contribution in [2.24, 2.45) is 0 Å². The highest BCUT2D eigenvalue weighted by Crippen LogP contribution is 2.39. The molecule has 4 nitrogen and oxygen atoms in total. The number of likely N-dealkylation sites (tertiary alicyclic amines) is 1. The lowest BCUT2D eigenvalue weighted by Gasteiger charge is -2.25. The number of carbonyl (C=O) groups excluding carboxylic acids is 1. The summed E-state index contributed by atoms with van der Waals surface area (Å²) in [6.45, 7) is 0.762. The molecule has 1 saturated heterocycles. The molecular formula is C19H21NO3S. The molecule has 1 aromatic carbocycles. The third kappa shape index (κ3) is 3.46. The van der Waals surface area contributed by atoms with Crippen LogP contribution >= 0.6 is 11.3 Å². The van der Waals surface area contributed by atoms with Gasteiger partial charge < -0.3 is 14.4 Å². The van der Waals surface area contributed by atoms with E-state index in [1.807, 2.05) is 46.0 Å². The molecular weight excluding hydrogens is 322 g/mol. The van der Waals surface area contributed by atoms with Crippen molar-refractivity contribution in [2.45, 2.75) is 18.9 Å². The standard InChI is InChI=1S/C19H21NO3S/c1-22-15-6-7-18(23-2)16(12-15)17-4-3-10-20(17)19(21)8-5-14-9-11-24-13-14/h5-9,11-13,17H,3-4,10H2,1-2H3/b8-5+. The first-order valence-corrected chi connectivity index (χ1v) is 8.90. The zero-order valence-electron chi connectivity index (χ0n) is 13.9. The van der Waals surface area contributed by atoms with Crippen LogP contribution in [0.2, 0.25) is 0 Å². The smallest absolute Gasteiger partial charge is 0.247 e. The molecule has 1 aromatic heterocycles. The highest BCUT2D eigenvalue weighted by atomic mass is 32.1. The first kappa shape index (κ1) is 16.6. The van der Waals surface area contributed by atoms with Crippen molar-refractivity contribution < 1.29 is 14.3 Å². The fraction of sp³-hybridized carbons (Fsp3) is 0.316. The van der Waals surface area contributed by atoms with E-state index in [1.165, 1.54) is 0 Å². The van der Waals surface area contributed by atoms with E-state index in [2.05, 4.69) is 0 Å². The Morgan fingerprint density at radius 2 is 2.17 bits per heavy atom. The van der Waals surface area contributed by atoms with Crippen molar-refractivity contribution in [1.82, 2.24) is 4.90 Å². The highest BCUT2D eigenvalue weighted by molar-refractivity contribution is 7.08. The average molecular weight is 343 g/mol. The van der Waals surface area contributed by atoms with Crippen molar-refractivity contribution in [3.05, 3.63) is 52.2 Å². The molecule has 5 heteroatoms. The van der Waals surface area contributed by atoms with Crippen LogP contribution in [0.1, 0.15) is 30.0 Å². The Kier molecular flexibility index (Phi) is 5.20. The molecule has 0 saturated carbocycles. The van der Waals surface area contributed by atoms with Crippen molar-refractivity contribution in [3.63, 3.8) is 0 Å². The number of hydrogen-bond acceptors (Lipinski definition) is 4. The van der Waals surface area contributed by atoms with E-state index in [4.69, 9.17) is 9.47 Å². The maximum absolute atomic E-state index is 12.6. The van der Waals surface area contributed by atoms with E-state index in [0.717, 1.165) is 42.0 Å². The third-order valence-electron chi connectivity index (χ3n) is 4.29. The summed E-state index contributed by atoms with van der Waals surface area (Å²) in [7, 11) is 3.30. The molecule has 0 bridgehead atoms. The molecule has 1 fully saturated rings. The Bertz CT molecular complexity index is 724. The molecule has 126 valence electrons. The van der Waals surface area contributed by atoms with Crippen LogP contribution in [0, 0.1) is 0 Å². The van der Waals surface area contributed by atoms with Crippen LogP contribution in [-0.4, -0.2) is 31.6 Å². The molecule has 0 N–H and O–H groups in total. The third-order valence-corrected chi connectivity index (χ3v) is 4.99. The largest absolute Gasteiger partial charge is 0.497 e. The monoisotopic (exact) mass is 343 g/mol. The van der Waals surface area contributed by atoms with Crippen molar-refractivity contribution >= 4 is 23.3 Å². The second kappa shape index (κ2) is 7.53. The fourth-order valence-electron chi connectivity index (χ4n) is 3.09. The molecule has 0 spiro atoms. The number of carbonyl (C=O) groups is 1. The molecule has 1 unspecified atom stereocenters. The molecule has 3 rings (SSSR count). The van der Waals surface area contributed by atoms with Gasteiger partial charge in [0.1, 0.15) is 11.5 Å². The molecule has 0 radical (unpaired) electrons. The van der Waals surface area contributed by atoms with E-state index in [9.17, 15) is 4.79 Å². The fourth-order valence-corrected chi connectivity index (χ4v) is 3.72. The summed E-state index contributed by atoms with van der Waals surface area (Å²) in [5.74, 6) is 1.61. The minimum Gasteiger partial charge on any atom is -0.497 e. The minimum atomic E-state index is 0.0228. The number of nitrogens with zero attached hydrogens (tertiary/aromatic N) is 1. The van der Waals surface area contributed by atoms with E-state index < -0.39 is 0 Å². The van der Waals surface area contributed by atoms with Gasteiger partial charge in [0.15, 0.2) is 0 Å². The number of thiophene rings is 1. The summed E-state index contributed by atoms with van der Waals surface area (Å²) in [6, 6.07) is 7.77. The van der Waals surface area contributed by atoms with Gasteiger partial charge in [-0.05, 0) is 59.5 Å². The number of amides is 1. The number of methoxy groups -OCH3 is 2. The predicted octanol–water partition coefficient (Wildman–Crippen LogP) is 4.14. The molecule has 2 heterocycles. The van der Waals surface area contributed by atoms with Gasteiger partial charge in [0.25, 0.3) is 0 Å². The lowest BCUT2D eigenvalue weighted by Crippen LogP contribution is -2.29. The topological polar surface area (TPSA) is 38.8 Å². The van der Waals surface area contributed by atoms with Crippen molar-refractivity contribution in [3.8, 4) is 11.5 Å². The van der Waals surface area contributed by atoms with E-state index in [0.29, 0.717) is 0 Å². The summed E-state index contributed by atoms with van der Waals surface area (Å²) in [6.07, 6.45) is 5.45. The average Bonchev–Trinajstić information content (AvgIpc) is 3.30. The summed E-state index contributed by atoms with van der Waals surface area (Å²) in [4.78, 5) is 14.6. The lowest BCUT2D eigenvalue weighted by molar-refractivity contribution is -0.126. The van der Waals surface area contributed by atoms with Gasteiger partial charge >= 0.3 is 0 Å². The Morgan fingerprint density at radius 3 is 2.88 bits per heavy atom. The Hall–Kier alpha value is -2.27. The van der Waals surface area contributed by atoms with Gasteiger partial charge in [-0.3, -0.25) is 4.79 Å². The maximum Gasteiger partial charge on any atom is 0.247 e. The normalized spacial score (nSPS) is 17.4. The van der Waals surface area contributed by atoms with Gasteiger partial charge in [-0.1, -0.05) is 0 Å². The number of ether oxygens (including phenoxy) is 2. The predicted molar refractivity (Wildman–Crippen MR) is 96.6 cm³/mol. The lowest BCUT2D eigenvalue weighted by atomic mass is 10.0. The maximum atomic E-state index is 12.6. The second-order valence-electron chi connectivity index (χ2n) is 5.69. The van der Waals surface area contributed by atoms with Gasteiger partial charge in [0.05, 0.1) is 20.3 Å². The Morgan fingerprint density at radius 1 is 1.29 bits per heavy atom. The highest BCUT2D eigenvalue weighted by Gasteiger charge is 2.31. The first-order valence-electron chi connectivity index (χ1n) is 7.95. The van der Waals surface area contributed by atoms with Gasteiger partial charge in [-0.2, -0.15) is 11.3 Å². The van der Waals surface area contributed by atoms with Crippen molar-refractivity contribution in [1.29, 1.82) is 0 Å². The van der Waals surface area contributed by atoms with Gasteiger partial charge in [-0.25, -0.2) is 0 Å². The molecule has 1 aliphatic heterocycles. The molecule has 1 atom stereocenters. The quantitative estimate of drug-likeness (QED) is 0.766. The number of hydrogen-bond donors (Lipinski definition) is 0. The van der Waals surface area contributed by atoms with Crippen LogP contribution < -0.4 is 9.47 Å². The van der Waals surface area contributed by atoms with Crippen LogP contribution in [-0.2, 0) is 4.79 Å². The summed E-state index contributed by atoms with van der Waals surface area (Å²) >= 11 is 1.62. The van der Waals surface area contributed by atoms with Gasteiger partial charge in [-0.15, -0.1) is 0 Å². The molecule has 1 aliphatic rings. The van der Waals surface area contributed by atoms with Crippen molar-refractivity contribution in [2.75, 3.05) is 20.8 Å². The number of rotatable bonds is 5. The van der Waals surface area contributed by atoms with Crippen LogP contribution in [0.15, 0.2) is 41.1 Å². The Balaban J connectivity index is 1.84. The zero-order valence-corrected chi connectivity index (χ0v) is 14.7. The van der Waals surface area contributed by atoms with Crippen LogP contribution in [0.5, 0.6) is 11.5 Å². The molecule has 24 heavy (non-hydrogen) atoms. The summed E-state index contributed by atoms with van der Waals surface area (Å²) < 4.78 is 10.8. The minimum absolute atomic E-state index is 0.0228. The Labute approximate surface area is 146 Å². The number of benzene rings is 1. The van der Waals surface area contributed by atoms with E-state index >= 15 is 0 Å². The van der Waals surface area contributed by atoms with Crippen LogP contribution in [0.25, 0.3) is 6.08 Å². The molecule has 1 amide bonds. The van der Waals surface area contributed by atoms with Crippen LogP contribution in [0.4, 0.5) is 0 Å². The molecule has 0 aliphatic carbocycles. The van der Waals surface area contributed by atoms with Gasteiger partial charge in [0, 0.05) is 18.2 Å². The zero-order chi connectivity index (χ0) is 16.9.